The van der Waals surface area contributed by atoms with Gasteiger partial charge < -0.3 is 19.9 Å². The zero-order valence-corrected chi connectivity index (χ0v) is 11.9. The molecule has 1 rings (SSSR count). The predicted molar refractivity (Wildman–Crippen MR) is 77.4 cm³/mol. The Morgan fingerprint density at radius 3 is 2.86 bits per heavy atom. The second-order valence-corrected chi connectivity index (χ2v) is 4.36. The van der Waals surface area contributed by atoms with Crippen molar-refractivity contribution in [3.05, 3.63) is 42.5 Å². The number of ether oxygens (including phenoxy) is 2. The van der Waals surface area contributed by atoms with Gasteiger partial charge in [-0.2, -0.15) is 0 Å². The number of alkyl carbamates (subject to hydrolysis) is 1. The summed E-state index contributed by atoms with van der Waals surface area (Å²) >= 11 is 0. The van der Waals surface area contributed by atoms with Gasteiger partial charge in [-0.15, -0.1) is 0 Å². The van der Waals surface area contributed by atoms with Gasteiger partial charge in [-0.25, -0.2) is 4.79 Å². The third-order valence-corrected chi connectivity index (χ3v) is 2.79. The van der Waals surface area contributed by atoms with Crippen LogP contribution >= 0.6 is 0 Å². The Kier molecular flexibility index (Phi) is 6.80. The number of rotatable bonds is 8. The summed E-state index contributed by atoms with van der Waals surface area (Å²) in [5.74, 6) is -1.06. The molecule has 1 unspecified atom stereocenters. The van der Waals surface area contributed by atoms with E-state index in [4.69, 9.17) is 9.47 Å². The second-order valence-electron chi connectivity index (χ2n) is 4.36. The second kappa shape index (κ2) is 8.63. The van der Waals surface area contributed by atoms with Gasteiger partial charge in [0.05, 0.1) is 13.0 Å². The largest absolute Gasteiger partial charge is 0.497 e. The molecule has 6 nitrogen and oxygen atoms in total. The van der Waals surface area contributed by atoms with Crippen molar-refractivity contribution in [2.75, 3.05) is 20.3 Å². The van der Waals surface area contributed by atoms with Crippen molar-refractivity contribution in [3.63, 3.8) is 0 Å². The zero-order valence-electron chi connectivity index (χ0n) is 11.9. The Morgan fingerprint density at radius 2 is 2.24 bits per heavy atom. The summed E-state index contributed by atoms with van der Waals surface area (Å²) in [6, 6.07) is 7.16. The van der Waals surface area contributed by atoms with Gasteiger partial charge in [0.1, 0.15) is 12.4 Å². The number of methoxy groups -OCH3 is 1. The van der Waals surface area contributed by atoms with Crippen LogP contribution < -0.4 is 10.1 Å². The van der Waals surface area contributed by atoms with Gasteiger partial charge in [-0.05, 0) is 24.1 Å². The molecule has 0 spiro atoms. The quantitative estimate of drug-likeness (QED) is 0.714. The molecule has 0 heterocycles. The number of carboxylic acid groups (broad SMARTS) is 1. The molecule has 0 aliphatic heterocycles. The molecule has 1 aromatic rings. The highest BCUT2D eigenvalue weighted by Gasteiger charge is 2.19. The van der Waals surface area contributed by atoms with Gasteiger partial charge in [0.25, 0.3) is 0 Å². The standard InChI is InChI=1S/C15H19NO5/c1-3-7-21-15(19)16-10-12(14(17)18)8-11-5-4-6-13(9-11)20-2/h3-6,9,12H,1,7-8,10H2,2H3,(H,16,19)(H,17,18). The lowest BCUT2D eigenvalue weighted by atomic mass is 9.99. The van der Waals surface area contributed by atoms with Crippen LogP contribution in [0.3, 0.4) is 0 Å². The van der Waals surface area contributed by atoms with E-state index in [-0.39, 0.29) is 19.6 Å². The van der Waals surface area contributed by atoms with E-state index in [0.717, 1.165) is 5.56 Å². The summed E-state index contributed by atoms with van der Waals surface area (Å²) in [5, 5.41) is 11.6. The molecular formula is C15H19NO5. The summed E-state index contributed by atoms with van der Waals surface area (Å²) in [7, 11) is 1.55. The zero-order chi connectivity index (χ0) is 15.7. The van der Waals surface area contributed by atoms with Crippen LogP contribution in [0, 0.1) is 5.92 Å². The number of nitrogens with one attached hydrogen (secondary N) is 1. The summed E-state index contributed by atoms with van der Waals surface area (Å²) < 4.78 is 9.82. The van der Waals surface area contributed by atoms with Gasteiger partial charge in [0, 0.05) is 6.54 Å². The van der Waals surface area contributed by atoms with Crippen LogP contribution in [0.5, 0.6) is 5.75 Å². The van der Waals surface area contributed by atoms with E-state index < -0.39 is 18.0 Å². The minimum absolute atomic E-state index is 0.0114. The van der Waals surface area contributed by atoms with E-state index in [1.54, 1.807) is 25.3 Å². The maximum absolute atomic E-state index is 11.3. The molecule has 0 fully saturated rings. The lowest BCUT2D eigenvalue weighted by Gasteiger charge is -2.14. The fourth-order valence-corrected chi connectivity index (χ4v) is 1.72. The average molecular weight is 293 g/mol. The average Bonchev–Trinajstić information content (AvgIpc) is 2.49. The first-order valence-corrected chi connectivity index (χ1v) is 6.44. The Hall–Kier alpha value is -2.50. The third-order valence-electron chi connectivity index (χ3n) is 2.79. The number of hydrogen-bond acceptors (Lipinski definition) is 4. The Labute approximate surface area is 123 Å². The van der Waals surface area contributed by atoms with E-state index in [0.29, 0.717) is 5.75 Å². The smallest absolute Gasteiger partial charge is 0.407 e. The van der Waals surface area contributed by atoms with E-state index >= 15 is 0 Å². The van der Waals surface area contributed by atoms with Crippen LogP contribution in [0.4, 0.5) is 4.79 Å². The van der Waals surface area contributed by atoms with Crippen molar-refractivity contribution in [1.29, 1.82) is 0 Å². The predicted octanol–water partition coefficient (Wildman–Crippen LogP) is 1.85. The molecule has 0 bridgehead atoms. The van der Waals surface area contributed by atoms with Crippen LogP contribution in [-0.4, -0.2) is 37.4 Å². The minimum atomic E-state index is -0.984. The molecule has 6 heteroatoms. The van der Waals surface area contributed by atoms with Crippen molar-refractivity contribution < 1.29 is 24.2 Å². The molecule has 114 valence electrons. The van der Waals surface area contributed by atoms with E-state index in [1.165, 1.54) is 6.08 Å². The molecule has 0 aromatic heterocycles. The van der Waals surface area contributed by atoms with Gasteiger partial charge in [-0.1, -0.05) is 24.8 Å². The van der Waals surface area contributed by atoms with Crippen LogP contribution in [0.15, 0.2) is 36.9 Å². The summed E-state index contributed by atoms with van der Waals surface area (Å²) in [5.41, 5.74) is 0.822. The molecule has 2 N–H and O–H groups in total. The van der Waals surface area contributed by atoms with Gasteiger partial charge in [0.2, 0.25) is 0 Å². The van der Waals surface area contributed by atoms with Crippen molar-refractivity contribution in [2.45, 2.75) is 6.42 Å². The lowest BCUT2D eigenvalue weighted by Crippen LogP contribution is -2.34. The number of carbonyl (C=O) groups is 2. The molecule has 0 aliphatic rings. The van der Waals surface area contributed by atoms with E-state index in [2.05, 4.69) is 11.9 Å². The molecular weight excluding hydrogens is 274 g/mol. The molecule has 0 saturated heterocycles. The van der Waals surface area contributed by atoms with Gasteiger partial charge in [0.15, 0.2) is 0 Å². The molecule has 0 aliphatic carbocycles. The summed E-state index contributed by atoms with van der Waals surface area (Å²) in [6.07, 6.45) is 1.06. The number of benzene rings is 1. The number of carboxylic acids is 1. The fraction of sp³-hybridized carbons (Fsp3) is 0.333. The normalized spacial score (nSPS) is 11.3. The van der Waals surface area contributed by atoms with Crippen molar-refractivity contribution in [2.24, 2.45) is 5.92 Å². The van der Waals surface area contributed by atoms with Crippen LogP contribution in [0.1, 0.15) is 5.56 Å². The van der Waals surface area contributed by atoms with E-state index in [9.17, 15) is 14.7 Å². The first-order valence-electron chi connectivity index (χ1n) is 6.44. The number of hydrogen-bond donors (Lipinski definition) is 2. The molecule has 1 aromatic carbocycles. The van der Waals surface area contributed by atoms with Crippen molar-refractivity contribution in [1.82, 2.24) is 5.32 Å². The maximum atomic E-state index is 11.3. The molecule has 0 saturated carbocycles. The highest BCUT2D eigenvalue weighted by atomic mass is 16.5. The van der Waals surface area contributed by atoms with Crippen molar-refractivity contribution >= 4 is 12.1 Å². The minimum Gasteiger partial charge on any atom is -0.497 e. The SMILES string of the molecule is C=CCOC(=O)NCC(Cc1cccc(OC)c1)C(=O)O. The van der Waals surface area contributed by atoms with E-state index in [1.807, 2.05) is 6.07 Å². The lowest BCUT2D eigenvalue weighted by molar-refractivity contribution is -0.141. The highest BCUT2D eigenvalue weighted by Crippen LogP contribution is 2.16. The Bertz CT molecular complexity index is 501. The van der Waals surface area contributed by atoms with Crippen LogP contribution in [0.2, 0.25) is 0 Å². The molecule has 1 amide bonds. The monoisotopic (exact) mass is 293 g/mol. The molecule has 1 atom stereocenters. The number of carbonyl (C=O) groups excluding carboxylic acids is 1. The number of aliphatic carboxylic acids is 1. The summed E-state index contributed by atoms with van der Waals surface area (Å²) in [4.78, 5) is 22.5. The topological polar surface area (TPSA) is 84.9 Å². The van der Waals surface area contributed by atoms with Gasteiger partial charge in [-0.3, -0.25) is 4.79 Å². The van der Waals surface area contributed by atoms with Crippen LogP contribution in [-0.2, 0) is 16.0 Å². The number of amides is 1. The maximum Gasteiger partial charge on any atom is 0.407 e. The van der Waals surface area contributed by atoms with Crippen molar-refractivity contribution in [3.8, 4) is 5.75 Å². The Balaban J connectivity index is 2.59. The Morgan fingerprint density at radius 1 is 1.48 bits per heavy atom. The molecule has 0 radical (unpaired) electrons. The first kappa shape index (κ1) is 16.6. The molecule has 21 heavy (non-hydrogen) atoms. The first-order chi connectivity index (χ1) is 10.1. The summed E-state index contributed by atoms with van der Waals surface area (Å²) in [6.45, 7) is 3.49. The van der Waals surface area contributed by atoms with Crippen LogP contribution in [0.25, 0.3) is 0 Å². The third kappa shape index (κ3) is 5.99. The van der Waals surface area contributed by atoms with Gasteiger partial charge >= 0.3 is 12.1 Å². The highest BCUT2D eigenvalue weighted by molar-refractivity contribution is 5.73. The fourth-order valence-electron chi connectivity index (χ4n) is 1.72.